The third kappa shape index (κ3) is 5.01. The molecule has 1 unspecified atom stereocenters. The van der Waals surface area contributed by atoms with E-state index in [0.29, 0.717) is 18.8 Å². The van der Waals surface area contributed by atoms with Crippen molar-refractivity contribution in [3.05, 3.63) is 29.8 Å². The Kier molecular flexibility index (Phi) is 6.00. The van der Waals surface area contributed by atoms with Crippen LogP contribution in [0, 0.1) is 17.8 Å². The summed E-state index contributed by atoms with van der Waals surface area (Å²) in [6.07, 6.45) is -0.429. The molecule has 5 atom stereocenters. The molecule has 1 amide bonds. The Bertz CT molecular complexity index is 1010. The molecule has 0 saturated heterocycles. The van der Waals surface area contributed by atoms with E-state index in [2.05, 4.69) is 10.0 Å². The first-order valence-corrected chi connectivity index (χ1v) is 13.1. The Hall–Kier alpha value is -1.81. The Labute approximate surface area is 192 Å². The Balaban J connectivity index is 1.45. The molecule has 184 valence electrons. The minimum absolute atomic E-state index is 0.0250. The van der Waals surface area contributed by atoms with E-state index in [9.17, 15) is 26.4 Å². The number of amides is 1. The first-order valence-electron chi connectivity index (χ1n) is 11.4. The van der Waals surface area contributed by atoms with Crippen LogP contribution < -0.4 is 14.8 Å². The molecule has 5 rings (SSSR count). The first kappa shape index (κ1) is 24.3. The van der Waals surface area contributed by atoms with Crippen LogP contribution in [0.15, 0.2) is 24.3 Å². The summed E-state index contributed by atoms with van der Waals surface area (Å²) in [7, 11) is -3.33. The van der Waals surface area contributed by atoms with Crippen molar-refractivity contribution in [2.75, 3.05) is 5.75 Å². The summed E-state index contributed by atoms with van der Waals surface area (Å²) < 4.78 is 72.2. The highest BCUT2D eigenvalue weighted by molar-refractivity contribution is 7.89. The second kappa shape index (κ2) is 8.15. The van der Waals surface area contributed by atoms with Gasteiger partial charge in [-0.2, -0.15) is 13.2 Å². The second-order valence-electron chi connectivity index (χ2n) is 10.4. The Morgan fingerprint density at radius 3 is 2.36 bits per heavy atom. The van der Waals surface area contributed by atoms with E-state index < -0.39 is 32.9 Å². The van der Waals surface area contributed by atoms with Crippen LogP contribution in [0.5, 0.6) is 5.75 Å². The molecule has 0 aliphatic heterocycles. The van der Waals surface area contributed by atoms with E-state index in [1.165, 1.54) is 26.0 Å². The molecule has 1 aromatic carbocycles. The fraction of sp³-hybridized carbons (Fsp3) is 0.696. The quantitative estimate of drug-likeness (QED) is 0.610. The molecule has 1 aromatic rings. The molecule has 33 heavy (non-hydrogen) atoms. The van der Waals surface area contributed by atoms with Crippen molar-refractivity contribution in [1.29, 1.82) is 0 Å². The molecule has 2 N–H and O–H groups in total. The lowest BCUT2D eigenvalue weighted by molar-refractivity contribution is -0.139. The average Bonchev–Trinajstić information content (AvgIpc) is 2.68. The van der Waals surface area contributed by atoms with Crippen molar-refractivity contribution >= 4 is 15.9 Å². The number of hydrogen-bond donors (Lipinski definition) is 2. The van der Waals surface area contributed by atoms with Crippen molar-refractivity contribution in [3.63, 3.8) is 0 Å². The predicted octanol–water partition coefficient (Wildman–Crippen LogP) is 3.87. The number of carbonyl (C=O) groups excluding carboxylic acids is 1. The minimum atomic E-state index is -4.50. The van der Waals surface area contributed by atoms with E-state index >= 15 is 0 Å². The van der Waals surface area contributed by atoms with Crippen molar-refractivity contribution in [2.45, 2.75) is 76.2 Å². The van der Waals surface area contributed by atoms with Gasteiger partial charge in [-0.1, -0.05) is 6.07 Å². The lowest BCUT2D eigenvalue weighted by Crippen LogP contribution is -2.67. The molecule has 6 nitrogen and oxygen atoms in total. The van der Waals surface area contributed by atoms with Gasteiger partial charge < -0.3 is 10.1 Å². The van der Waals surface area contributed by atoms with Crippen LogP contribution in [0.25, 0.3) is 0 Å². The molecule has 0 aromatic heterocycles. The predicted molar refractivity (Wildman–Crippen MR) is 117 cm³/mol. The molecule has 0 radical (unpaired) electrons. The van der Waals surface area contributed by atoms with E-state index in [0.717, 1.165) is 31.4 Å². The number of ether oxygens (including phenoxy) is 1. The number of rotatable bonds is 7. The van der Waals surface area contributed by atoms with Gasteiger partial charge in [0.1, 0.15) is 5.75 Å². The van der Waals surface area contributed by atoms with Gasteiger partial charge in [-0.15, -0.1) is 0 Å². The van der Waals surface area contributed by atoms with Gasteiger partial charge >= 0.3 is 6.18 Å². The van der Waals surface area contributed by atoms with Gasteiger partial charge in [0.05, 0.1) is 11.3 Å². The van der Waals surface area contributed by atoms with Gasteiger partial charge in [0.25, 0.3) is 5.91 Å². The summed E-state index contributed by atoms with van der Waals surface area (Å²) in [5.74, 6) is 0.372. The van der Waals surface area contributed by atoms with Crippen molar-refractivity contribution in [2.24, 2.45) is 17.8 Å². The summed E-state index contributed by atoms with van der Waals surface area (Å²) in [6.45, 7) is 4.70. The lowest BCUT2D eigenvalue weighted by atomic mass is 9.51. The molecule has 4 saturated carbocycles. The number of nitrogens with one attached hydrogen (secondary N) is 2. The van der Waals surface area contributed by atoms with E-state index in [1.807, 2.05) is 0 Å². The van der Waals surface area contributed by atoms with E-state index in [4.69, 9.17) is 4.74 Å². The Morgan fingerprint density at radius 1 is 1.15 bits per heavy atom. The molecular formula is C23H31F3N2O4S. The van der Waals surface area contributed by atoms with E-state index in [-0.39, 0.29) is 35.3 Å². The molecule has 4 aliphatic rings. The zero-order valence-electron chi connectivity index (χ0n) is 19.0. The Morgan fingerprint density at radius 2 is 1.79 bits per heavy atom. The van der Waals surface area contributed by atoms with Gasteiger partial charge in [0.2, 0.25) is 10.0 Å². The summed E-state index contributed by atoms with van der Waals surface area (Å²) in [4.78, 5) is 13.1. The third-order valence-corrected chi connectivity index (χ3v) is 8.91. The van der Waals surface area contributed by atoms with Crippen molar-refractivity contribution in [1.82, 2.24) is 10.0 Å². The lowest BCUT2D eigenvalue weighted by Gasteiger charge is -2.60. The second-order valence-corrected chi connectivity index (χ2v) is 12.4. The topological polar surface area (TPSA) is 84.5 Å². The van der Waals surface area contributed by atoms with Gasteiger partial charge in [-0.05, 0) is 88.8 Å². The standard InChI is InChI=1S/C23H31F3N2O4S/c1-4-33(30,31)28-22-11-14-8-15(12-22)19(16(9-14)13-22)27-20(29)21(2,3)32-18-7-5-6-17(10-18)23(24,25)26/h5-7,10,14-16,19,28H,4,8-9,11-13H2,1-3H3,(H,27,29)/t14?,15-,16+,19+,22+. The monoisotopic (exact) mass is 488 g/mol. The molecule has 0 spiro atoms. The zero-order valence-corrected chi connectivity index (χ0v) is 19.9. The summed E-state index contributed by atoms with van der Waals surface area (Å²) in [5, 5.41) is 3.10. The SMILES string of the molecule is CCS(=O)(=O)N[C@@]12CC3C[C@H](C1)[C@H](NC(=O)C(C)(C)Oc1cccc(C(F)(F)F)c1)[C@@H](C3)C2. The summed E-state index contributed by atoms with van der Waals surface area (Å²) in [6, 6.07) is 4.40. The van der Waals surface area contributed by atoms with Crippen LogP contribution in [-0.2, 0) is 21.0 Å². The minimum Gasteiger partial charge on any atom is -0.478 e. The molecular weight excluding hydrogens is 457 g/mol. The maximum absolute atomic E-state index is 13.1. The van der Waals surface area contributed by atoms with Crippen LogP contribution in [0.4, 0.5) is 13.2 Å². The van der Waals surface area contributed by atoms with Gasteiger partial charge in [0.15, 0.2) is 5.60 Å². The molecule has 4 aliphatic carbocycles. The third-order valence-electron chi connectivity index (χ3n) is 7.40. The van der Waals surface area contributed by atoms with Crippen LogP contribution in [0.3, 0.4) is 0 Å². The van der Waals surface area contributed by atoms with Crippen molar-refractivity contribution in [3.8, 4) is 5.75 Å². The molecule has 4 bridgehead atoms. The highest BCUT2D eigenvalue weighted by Crippen LogP contribution is 2.56. The first-order chi connectivity index (χ1) is 15.2. The number of sulfonamides is 1. The highest BCUT2D eigenvalue weighted by Gasteiger charge is 2.57. The normalized spacial score (nSPS) is 31.5. The number of benzene rings is 1. The van der Waals surface area contributed by atoms with E-state index in [1.54, 1.807) is 6.92 Å². The average molecular weight is 489 g/mol. The fourth-order valence-electron chi connectivity index (χ4n) is 6.19. The number of hydrogen-bond acceptors (Lipinski definition) is 4. The van der Waals surface area contributed by atoms with Crippen LogP contribution in [-0.4, -0.2) is 37.3 Å². The zero-order chi connectivity index (χ0) is 24.2. The largest absolute Gasteiger partial charge is 0.478 e. The highest BCUT2D eigenvalue weighted by atomic mass is 32.2. The van der Waals surface area contributed by atoms with Gasteiger partial charge in [-0.25, -0.2) is 13.1 Å². The fourth-order valence-corrected chi connectivity index (χ4v) is 7.24. The van der Waals surface area contributed by atoms with Crippen LogP contribution >= 0.6 is 0 Å². The van der Waals surface area contributed by atoms with Crippen molar-refractivity contribution < 1.29 is 31.1 Å². The number of halogens is 3. The maximum Gasteiger partial charge on any atom is 0.416 e. The van der Waals surface area contributed by atoms with Gasteiger partial charge in [-0.3, -0.25) is 4.79 Å². The summed E-state index contributed by atoms with van der Waals surface area (Å²) in [5.41, 5.74) is -2.64. The number of carbonyl (C=O) groups is 1. The van der Waals surface area contributed by atoms with Crippen LogP contribution in [0.1, 0.15) is 58.4 Å². The molecule has 0 heterocycles. The van der Waals surface area contributed by atoms with Gasteiger partial charge in [0, 0.05) is 11.6 Å². The maximum atomic E-state index is 13.1. The smallest absolute Gasteiger partial charge is 0.416 e. The summed E-state index contributed by atoms with van der Waals surface area (Å²) >= 11 is 0. The molecule has 10 heteroatoms. The number of alkyl halides is 3. The molecule has 4 fully saturated rings. The van der Waals surface area contributed by atoms with Crippen LogP contribution in [0.2, 0.25) is 0 Å².